The van der Waals surface area contributed by atoms with Gasteiger partial charge in [0.2, 0.25) is 0 Å². The quantitative estimate of drug-likeness (QED) is 0.500. The predicted octanol–water partition coefficient (Wildman–Crippen LogP) is -1.09. The zero-order valence-electron chi connectivity index (χ0n) is 9.23. The predicted molar refractivity (Wildman–Crippen MR) is 50.8 cm³/mol. The summed E-state index contributed by atoms with van der Waals surface area (Å²) in [6, 6.07) is 7.14. The zero-order valence-corrected chi connectivity index (χ0v) is 10.2. The van der Waals surface area contributed by atoms with Crippen molar-refractivity contribution in [2.24, 2.45) is 0 Å². The molecule has 0 amide bonds. The molecule has 0 atom stereocenters. The third-order valence-corrected chi connectivity index (χ3v) is 1.53. The van der Waals surface area contributed by atoms with Crippen LogP contribution in [0.4, 0.5) is 0 Å². The molecule has 14 heavy (non-hydrogen) atoms. The van der Waals surface area contributed by atoms with Crippen LogP contribution in [0.25, 0.3) is 6.08 Å². The fourth-order valence-corrected chi connectivity index (χ4v) is 0.883. The van der Waals surface area contributed by atoms with Crippen LogP contribution in [0.15, 0.2) is 30.3 Å². The number of carboxylic acid groups (broad SMARTS) is 1. The number of aliphatic carboxylic acids is 1. The molecule has 0 heterocycles. The first-order chi connectivity index (χ1) is 6.22. The van der Waals surface area contributed by atoms with Crippen molar-refractivity contribution >= 4 is 12.0 Å². The molecule has 0 saturated carbocycles. The molecule has 0 aliphatic carbocycles. The van der Waals surface area contributed by atoms with Crippen LogP contribution in [0.3, 0.4) is 0 Å². The maximum atomic E-state index is 10.2. The molecule has 0 fully saturated rings. The third kappa shape index (κ3) is 4.46. The molecule has 0 unspecified atom stereocenters. The van der Waals surface area contributed by atoms with Gasteiger partial charge in [-0.25, -0.2) is 4.79 Å². The van der Waals surface area contributed by atoms with E-state index in [1.54, 1.807) is 31.4 Å². The van der Waals surface area contributed by atoms with Crippen LogP contribution in [0.5, 0.6) is 5.75 Å². The second-order valence-corrected chi connectivity index (χ2v) is 2.44. The summed E-state index contributed by atoms with van der Waals surface area (Å²) in [6.45, 7) is 0. The average Bonchev–Trinajstić information content (AvgIpc) is 2.15. The summed E-state index contributed by atoms with van der Waals surface area (Å²) >= 11 is 0. The van der Waals surface area contributed by atoms with Gasteiger partial charge in [-0.1, -0.05) is 12.1 Å². The third-order valence-electron chi connectivity index (χ3n) is 1.53. The van der Waals surface area contributed by atoms with Gasteiger partial charge in [-0.2, -0.15) is 0 Å². The van der Waals surface area contributed by atoms with Gasteiger partial charge in [-0.15, -0.1) is 0 Å². The van der Waals surface area contributed by atoms with E-state index < -0.39 is 5.97 Å². The van der Waals surface area contributed by atoms with Crippen molar-refractivity contribution in [3.05, 3.63) is 35.9 Å². The molecule has 0 saturated heterocycles. The Morgan fingerprint density at radius 1 is 1.43 bits per heavy atom. The second-order valence-electron chi connectivity index (χ2n) is 2.44. The Morgan fingerprint density at radius 3 is 2.43 bits per heavy atom. The monoisotopic (exact) mass is 202 g/mol. The number of hydrogen-bond donors (Lipinski definition) is 1. The van der Waals surface area contributed by atoms with Crippen LogP contribution >= 0.6 is 0 Å². The molecule has 1 aromatic rings. The number of hydrogen-bond acceptors (Lipinski definition) is 2. The van der Waals surface area contributed by atoms with Crippen LogP contribution in [0, 0.1) is 0 Å². The normalized spacial score (nSPS) is 9.50. The molecule has 4 heteroatoms. The smallest absolute Gasteiger partial charge is 1.00 e. The van der Waals surface area contributed by atoms with Gasteiger partial charge in [-0.3, -0.25) is 0 Å². The van der Waals surface area contributed by atoms with E-state index in [-0.39, 0.29) is 31.0 Å². The van der Waals surface area contributed by atoms with Crippen LogP contribution in [-0.4, -0.2) is 18.2 Å². The number of benzene rings is 1. The van der Waals surface area contributed by atoms with Crippen molar-refractivity contribution in [1.82, 2.24) is 0 Å². The van der Waals surface area contributed by atoms with Crippen molar-refractivity contribution in [3.63, 3.8) is 0 Å². The summed E-state index contributed by atoms with van der Waals surface area (Å²) < 4.78 is 4.95. The zero-order chi connectivity index (χ0) is 9.68. The summed E-state index contributed by atoms with van der Waals surface area (Å²) in [7, 11) is 1.59. The summed E-state index contributed by atoms with van der Waals surface area (Å²) in [5, 5.41) is 8.36. The van der Waals surface area contributed by atoms with Crippen LogP contribution in [0.2, 0.25) is 0 Å². The number of carbonyl (C=O) groups is 1. The molecule has 70 valence electrons. The number of carboxylic acids is 1. The van der Waals surface area contributed by atoms with Gasteiger partial charge in [0.25, 0.3) is 0 Å². The summed E-state index contributed by atoms with van der Waals surface area (Å²) in [4.78, 5) is 10.2. The molecule has 0 aliphatic rings. The van der Waals surface area contributed by atoms with Gasteiger partial charge in [0.1, 0.15) is 5.75 Å². The summed E-state index contributed by atoms with van der Waals surface area (Å²) in [5.41, 5.74) is 0.836. The largest absolute Gasteiger partial charge is 1.00 e. The first-order valence-electron chi connectivity index (χ1n) is 3.77. The van der Waals surface area contributed by atoms with Crippen LogP contribution < -0.4 is 34.3 Å². The molecule has 0 aliphatic heterocycles. The van der Waals surface area contributed by atoms with Crippen LogP contribution in [0.1, 0.15) is 6.99 Å². The minimum Gasteiger partial charge on any atom is -1.00 e. The van der Waals surface area contributed by atoms with Crippen LogP contribution in [-0.2, 0) is 4.79 Å². The SMILES string of the molecule is COc1ccc(/C=C/C(=O)O)cc1.[H-].[Na+]. The topological polar surface area (TPSA) is 46.5 Å². The Hall–Kier alpha value is -0.770. The maximum Gasteiger partial charge on any atom is 1.00 e. The van der Waals surface area contributed by atoms with E-state index in [2.05, 4.69) is 0 Å². The molecule has 3 nitrogen and oxygen atoms in total. The van der Waals surface area contributed by atoms with E-state index in [1.165, 1.54) is 6.08 Å². The van der Waals surface area contributed by atoms with Gasteiger partial charge < -0.3 is 11.3 Å². The standard InChI is InChI=1S/C10H10O3.Na.H/c1-13-9-5-2-8(3-6-9)4-7-10(11)12;;/h2-7H,1H3,(H,11,12);;/q;+1;-1/b7-4+;;. The van der Waals surface area contributed by atoms with E-state index in [1.807, 2.05) is 0 Å². The Labute approximate surface area is 106 Å². The molecular formula is C10H11NaO3. The number of ether oxygens (including phenoxy) is 1. The van der Waals surface area contributed by atoms with Crippen molar-refractivity contribution in [2.45, 2.75) is 0 Å². The van der Waals surface area contributed by atoms with E-state index >= 15 is 0 Å². The van der Waals surface area contributed by atoms with Crippen molar-refractivity contribution in [1.29, 1.82) is 0 Å². The molecule has 1 aromatic carbocycles. The second kappa shape index (κ2) is 6.65. The first kappa shape index (κ1) is 13.2. The fourth-order valence-electron chi connectivity index (χ4n) is 0.883. The van der Waals surface area contributed by atoms with E-state index in [9.17, 15) is 4.79 Å². The first-order valence-corrected chi connectivity index (χ1v) is 3.77. The summed E-state index contributed by atoms with van der Waals surface area (Å²) in [5.74, 6) is -0.191. The fraction of sp³-hybridized carbons (Fsp3) is 0.100. The Balaban J connectivity index is 0. The van der Waals surface area contributed by atoms with E-state index in [4.69, 9.17) is 9.84 Å². The minimum absolute atomic E-state index is 0. The molecule has 0 radical (unpaired) electrons. The van der Waals surface area contributed by atoms with E-state index in [0.717, 1.165) is 17.4 Å². The number of methoxy groups -OCH3 is 1. The molecule has 0 aromatic heterocycles. The molecule has 1 N–H and O–H groups in total. The Morgan fingerprint density at radius 2 is 2.00 bits per heavy atom. The maximum absolute atomic E-state index is 10.2. The molecule has 1 rings (SSSR count). The van der Waals surface area contributed by atoms with Crippen molar-refractivity contribution in [2.75, 3.05) is 7.11 Å². The number of rotatable bonds is 3. The van der Waals surface area contributed by atoms with Gasteiger partial charge in [0.15, 0.2) is 0 Å². The van der Waals surface area contributed by atoms with Gasteiger partial charge in [0, 0.05) is 6.08 Å². The van der Waals surface area contributed by atoms with E-state index in [0.29, 0.717) is 0 Å². The van der Waals surface area contributed by atoms with Crippen molar-refractivity contribution in [3.8, 4) is 5.75 Å². The van der Waals surface area contributed by atoms with Gasteiger partial charge in [0.05, 0.1) is 7.11 Å². The van der Waals surface area contributed by atoms with Gasteiger partial charge in [-0.05, 0) is 23.8 Å². The Bertz CT molecular complexity index is 322. The molecule has 0 spiro atoms. The average molecular weight is 202 g/mol. The minimum atomic E-state index is -0.948. The van der Waals surface area contributed by atoms with Gasteiger partial charge >= 0.3 is 35.5 Å². The molecule has 0 bridgehead atoms. The summed E-state index contributed by atoms with van der Waals surface area (Å²) in [6.07, 6.45) is 2.63. The van der Waals surface area contributed by atoms with Crippen molar-refractivity contribution < 1.29 is 45.6 Å². The Kier molecular flexibility index (Phi) is 6.28. The molecular weight excluding hydrogens is 191 g/mol.